The van der Waals surface area contributed by atoms with Gasteiger partial charge in [0.05, 0.1) is 40.2 Å². The van der Waals surface area contributed by atoms with Crippen molar-refractivity contribution in [3.63, 3.8) is 0 Å². The summed E-state index contributed by atoms with van der Waals surface area (Å²) in [5.41, 5.74) is 2.22. The lowest BCUT2D eigenvalue weighted by Crippen LogP contribution is -2.38. The fraction of sp³-hybridized carbons (Fsp3) is 0.333. The van der Waals surface area contributed by atoms with Gasteiger partial charge in [-0.2, -0.15) is 5.10 Å². The van der Waals surface area contributed by atoms with Crippen LogP contribution in [0.4, 0.5) is 8.78 Å². The summed E-state index contributed by atoms with van der Waals surface area (Å²) >= 11 is 0. The number of nitrogens with zero attached hydrogens (tertiary/aromatic N) is 6. The van der Waals surface area contributed by atoms with Gasteiger partial charge in [-0.05, 0) is 54.0 Å². The molecule has 3 atom stereocenters. The van der Waals surface area contributed by atoms with Crippen LogP contribution in [0.15, 0.2) is 48.9 Å². The molecule has 0 unspecified atom stereocenters. The maximum absolute atomic E-state index is 14.5. The molecule has 4 aromatic rings. The molecule has 3 aromatic heterocycles. The van der Waals surface area contributed by atoms with Gasteiger partial charge in [0.2, 0.25) is 0 Å². The van der Waals surface area contributed by atoms with E-state index in [9.17, 15) is 13.9 Å². The van der Waals surface area contributed by atoms with Crippen LogP contribution in [0.2, 0.25) is 0 Å². The maximum Gasteiger partial charge on any atom is 0.162 e. The molecule has 1 fully saturated rings. The molecular weight excluding hydrogens is 478 g/mol. The number of aliphatic hydroxyl groups excluding tert-OH is 2. The van der Waals surface area contributed by atoms with E-state index in [0.29, 0.717) is 11.4 Å². The van der Waals surface area contributed by atoms with Crippen LogP contribution in [-0.2, 0) is 5.41 Å². The van der Waals surface area contributed by atoms with E-state index < -0.39 is 29.8 Å². The molecule has 2 aliphatic carbocycles. The zero-order valence-corrected chi connectivity index (χ0v) is 20.2. The maximum atomic E-state index is 14.5. The van der Waals surface area contributed by atoms with E-state index in [4.69, 9.17) is 10.1 Å². The number of benzene rings is 1. The summed E-state index contributed by atoms with van der Waals surface area (Å²) < 4.78 is 29.0. The van der Waals surface area contributed by atoms with E-state index in [2.05, 4.69) is 39.0 Å². The third-order valence-electron chi connectivity index (χ3n) is 8.09. The van der Waals surface area contributed by atoms with Gasteiger partial charge in [0, 0.05) is 18.6 Å². The molecule has 2 aliphatic rings. The van der Waals surface area contributed by atoms with Crippen molar-refractivity contribution in [2.24, 2.45) is 5.41 Å². The van der Waals surface area contributed by atoms with Gasteiger partial charge in [0.25, 0.3) is 0 Å². The SMILES string of the molecule is CC1(C)[C@H]2CC[C@]1(c1ccnc(-c3cnc([C@@H](O)CO)nc3)n1)c1nnc(-c3c(F)cccc3F)cc12. The molecule has 6 rings (SSSR count). The fourth-order valence-corrected chi connectivity index (χ4v) is 6.20. The van der Waals surface area contributed by atoms with Crippen molar-refractivity contribution < 1.29 is 19.0 Å². The zero-order valence-electron chi connectivity index (χ0n) is 20.2. The fourth-order valence-electron chi connectivity index (χ4n) is 6.20. The lowest BCUT2D eigenvalue weighted by Gasteiger charge is -2.37. The highest BCUT2D eigenvalue weighted by molar-refractivity contribution is 5.64. The summed E-state index contributed by atoms with van der Waals surface area (Å²) in [4.78, 5) is 17.6. The smallest absolute Gasteiger partial charge is 0.162 e. The molecule has 188 valence electrons. The molecule has 0 aliphatic heterocycles. The molecule has 37 heavy (non-hydrogen) atoms. The minimum absolute atomic E-state index is 0.114. The minimum atomic E-state index is -1.16. The van der Waals surface area contributed by atoms with Crippen molar-refractivity contribution in [2.75, 3.05) is 6.61 Å². The molecule has 2 bridgehead atoms. The first-order valence-electron chi connectivity index (χ1n) is 12.0. The second-order valence-corrected chi connectivity index (χ2v) is 10.1. The Labute approximate surface area is 211 Å². The van der Waals surface area contributed by atoms with E-state index in [1.807, 2.05) is 6.07 Å². The summed E-state index contributed by atoms with van der Waals surface area (Å²) in [5.74, 6) is -0.698. The van der Waals surface area contributed by atoms with Crippen molar-refractivity contribution >= 4 is 0 Å². The normalized spacial score (nSPS) is 22.2. The van der Waals surface area contributed by atoms with Crippen molar-refractivity contribution in [1.29, 1.82) is 0 Å². The van der Waals surface area contributed by atoms with E-state index in [1.165, 1.54) is 30.6 Å². The van der Waals surface area contributed by atoms with Crippen LogP contribution < -0.4 is 0 Å². The van der Waals surface area contributed by atoms with Gasteiger partial charge in [-0.25, -0.2) is 28.7 Å². The standard InChI is InChI=1S/C27H24F2N6O2/c1-26(2)16-6-8-27(26,23-15(16)10-19(34-35-23)22-17(28)4-3-5-18(22)29)21-7-9-30-24(33-21)14-11-31-25(32-12-14)20(37)13-36/h3-5,7,9-12,16,20,36-37H,6,8,13H2,1-2H3/t16-,20-,27-/m0/s1. The summed E-state index contributed by atoms with van der Waals surface area (Å²) in [6.07, 6.45) is 5.22. The van der Waals surface area contributed by atoms with E-state index in [1.54, 1.807) is 12.3 Å². The average Bonchev–Trinajstić information content (AvgIpc) is 3.29. The summed E-state index contributed by atoms with van der Waals surface area (Å²) in [6.45, 7) is 3.87. The number of rotatable bonds is 5. The molecule has 10 heteroatoms. The number of hydrogen-bond acceptors (Lipinski definition) is 8. The number of fused-ring (bicyclic) bond motifs is 5. The molecule has 2 N–H and O–H groups in total. The van der Waals surface area contributed by atoms with Gasteiger partial charge in [-0.3, -0.25) is 0 Å². The first-order chi connectivity index (χ1) is 17.8. The van der Waals surface area contributed by atoms with Crippen LogP contribution in [-0.4, -0.2) is 47.0 Å². The van der Waals surface area contributed by atoms with E-state index >= 15 is 0 Å². The first-order valence-corrected chi connectivity index (χ1v) is 12.0. The van der Waals surface area contributed by atoms with Gasteiger partial charge < -0.3 is 10.2 Å². The predicted octanol–water partition coefficient (Wildman–Crippen LogP) is 3.90. The third kappa shape index (κ3) is 3.32. The second-order valence-electron chi connectivity index (χ2n) is 10.1. The van der Waals surface area contributed by atoms with Crippen molar-refractivity contribution in [3.8, 4) is 22.6 Å². The molecule has 0 spiro atoms. The molecule has 8 nitrogen and oxygen atoms in total. The Hall–Kier alpha value is -3.76. The Balaban J connectivity index is 1.45. The van der Waals surface area contributed by atoms with Gasteiger partial charge in [0.15, 0.2) is 11.6 Å². The Morgan fingerprint density at radius 1 is 1.05 bits per heavy atom. The molecule has 0 saturated heterocycles. The van der Waals surface area contributed by atoms with Crippen molar-refractivity contribution in [2.45, 2.75) is 44.1 Å². The van der Waals surface area contributed by atoms with E-state index in [-0.39, 0.29) is 28.4 Å². The van der Waals surface area contributed by atoms with Crippen LogP contribution in [0.3, 0.4) is 0 Å². The second kappa shape index (κ2) is 8.39. The lowest BCUT2D eigenvalue weighted by molar-refractivity contribution is 0.0886. The topological polar surface area (TPSA) is 118 Å². The van der Waals surface area contributed by atoms with Crippen LogP contribution in [0, 0.1) is 17.0 Å². The minimum Gasteiger partial charge on any atom is -0.393 e. The van der Waals surface area contributed by atoms with Gasteiger partial charge in [-0.1, -0.05) is 19.9 Å². The summed E-state index contributed by atoms with van der Waals surface area (Å²) in [6, 6.07) is 7.41. The number of hydrogen-bond donors (Lipinski definition) is 2. The van der Waals surface area contributed by atoms with Crippen LogP contribution in [0.25, 0.3) is 22.6 Å². The Morgan fingerprint density at radius 3 is 2.49 bits per heavy atom. The van der Waals surface area contributed by atoms with Crippen LogP contribution >= 0.6 is 0 Å². The highest BCUT2D eigenvalue weighted by Crippen LogP contribution is 2.69. The van der Waals surface area contributed by atoms with Gasteiger partial charge >= 0.3 is 0 Å². The molecule has 1 saturated carbocycles. The largest absolute Gasteiger partial charge is 0.393 e. The summed E-state index contributed by atoms with van der Waals surface area (Å²) in [5, 5.41) is 27.7. The van der Waals surface area contributed by atoms with Gasteiger partial charge in [-0.15, -0.1) is 5.10 Å². The number of halogens is 2. The number of aliphatic hydroxyl groups is 2. The quantitative estimate of drug-likeness (QED) is 0.422. The average molecular weight is 503 g/mol. The summed E-state index contributed by atoms with van der Waals surface area (Å²) in [7, 11) is 0. The third-order valence-corrected chi connectivity index (χ3v) is 8.09. The van der Waals surface area contributed by atoms with Crippen molar-refractivity contribution in [3.05, 3.63) is 83.3 Å². The van der Waals surface area contributed by atoms with Crippen LogP contribution in [0.5, 0.6) is 0 Å². The number of aromatic nitrogens is 6. The monoisotopic (exact) mass is 502 g/mol. The Morgan fingerprint density at radius 2 is 1.78 bits per heavy atom. The van der Waals surface area contributed by atoms with Crippen molar-refractivity contribution in [1.82, 2.24) is 30.1 Å². The first kappa shape index (κ1) is 23.6. The molecular formula is C27H24F2N6O2. The molecule has 0 radical (unpaired) electrons. The highest BCUT2D eigenvalue weighted by Gasteiger charge is 2.65. The zero-order chi connectivity index (χ0) is 25.9. The van der Waals surface area contributed by atoms with E-state index in [0.717, 1.165) is 29.8 Å². The highest BCUT2D eigenvalue weighted by atomic mass is 19.1. The Kier molecular flexibility index (Phi) is 5.36. The predicted molar refractivity (Wildman–Crippen MR) is 129 cm³/mol. The van der Waals surface area contributed by atoms with Gasteiger partial charge in [0.1, 0.15) is 17.7 Å². The lowest BCUT2D eigenvalue weighted by atomic mass is 9.66. The van der Waals surface area contributed by atoms with Crippen LogP contribution in [0.1, 0.15) is 61.5 Å². The Bertz CT molecular complexity index is 1490. The molecule has 3 heterocycles. The molecule has 0 amide bonds. The molecule has 1 aromatic carbocycles.